The fourth-order valence-electron chi connectivity index (χ4n) is 0.755. The first-order valence-electron chi connectivity index (χ1n) is 3.38. The van der Waals surface area contributed by atoms with E-state index in [2.05, 4.69) is 25.7 Å². The normalized spacial score (nSPS) is 11.5. The van der Waals surface area contributed by atoms with E-state index in [0.29, 0.717) is 6.20 Å². The molecule has 0 bridgehead atoms. The Hall–Kier alpha value is -0.850. The molecule has 0 N–H and O–H groups in total. The lowest BCUT2D eigenvalue weighted by Crippen LogP contribution is -2.17. The third-order valence-electron chi connectivity index (χ3n) is 1.26. The van der Waals surface area contributed by atoms with Crippen LogP contribution in [-0.4, -0.2) is 11.3 Å². The molecule has 0 unspecified atom stereocenters. The Morgan fingerprint density at radius 1 is 1.43 bits per heavy atom. The molecular weight excluding hydrogens is 270 g/mol. The quantitative estimate of drug-likeness (QED) is 0.470. The van der Waals surface area contributed by atoms with Crippen LogP contribution in [0.4, 0.5) is 17.6 Å². The molecule has 14 heavy (non-hydrogen) atoms. The van der Waals surface area contributed by atoms with Crippen molar-refractivity contribution >= 4 is 15.9 Å². The number of nitrogens with zero attached hydrogens (tertiary/aromatic N) is 1. The van der Waals surface area contributed by atoms with E-state index in [1.165, 1.54) is 0 Å². The van der Waals surface area contributed by atoms with Crippen molar-refractivity contribution in [2.75, 3.05) is 0 Å². The van der Waals surface area contributed by atoms with E-state index in [-0.39, 0.29) is 10.9 Å². The molecule has 0 radical (unpaired) electrons. The number of rotatable bonds is 2. The molecule has 0 spiro atoms. The Balaban J connectivity index is 2.90. The Morgan fingerprint density at radius 3 is 2.57 bits per heavy atom. The average Bonchev–Trinajstić information content (AvgIpc) is 2.06. The number of hydrogen-bond donors (Lipinski definition) is 0. The first kappa shape index (κ1) is 11.2. The van der Waals surface area contributed by atoms with E-state index in [0.717, 1.165) is 6.07 Å². The van der Waals surface area contributed by atoms with Gasteiger partial charge in [0.25, 0.3) is 0 Å². The summed E-state index contributed by atoms with van der Waals surface area (Å²) < 4.78 is 51.4. The maximum Gasteiger partial charge on any atom is 0.573 e. The second-order valence-corrected chi connectivity index (χ2v) is 2.86. The van der Waals surface area contributed by atoms with Gasteiger partial charge in [-0.15, -0.1) is 13.2 Å². The van der Waals surface area contributed by atoms with Crippen LogP contribution in [0.25, 0.3) is 0 Å². The van der Waals surface area contributed by atoms with Crippen LogP contribution in [0.15, 0.2) is 12.3 Å². The van der Waals surface area contributed by atoms with Crippen LogP contribution >= 0.6 is 15.9 Å². The van der Waals surface area contributed by atoms with E-state index in [1.807, 2.05) is 0 Å². The third-order valence-corrected chi connectivity index (χ3v) is 1.87. The van der Waals surface area contributed by atoms with Gasteiger partial charge < -0.3 is 4.74 Å². The van der Waals surface area contributed by atoms with Crippen molar-refractivity contribution in [2.24, 2.45) is 0 Å². The van der Waals surface area contributed by atoms with Gasteiger partial charge in [-0.1, -0.05) is 15.9 Å². The largest absolute Gasteiger partial charge is 0.573 e. The van der Waals surface area contributed by atoms with Gasteiger partial charge in [0.15, 0.2) is 0 Å². The molecule has 7 heteroatoms. The molecule has 1 aromatic heterocycles. The Morgan fingerprint density at radius 2 is 2.07 bits per heavy atom. The van der Waals surface area contributed by atoms with Gasteiger partial charge in [-0.3, -0.25) is 0 Å². The number of aromatic nitrogens is 1. The lowest BCUT2D eigenvalue weighted by atomic mass is 10.3. The first-order valence-corrected chi connectivity index (χ1v) is 4.50. The molecule has 0 fully saturated rings. The van der Waals surface area contributed by atoms with Crippen LogP contribution < -0.4 is 4.74 Å². The van der Waals surface area contributed by atoms with Crippen LogP contribution in [0.2, 0.25) is 0 Å². The number of alkyl halides is 4. The van der Waals surface area contributed by atoms with E-state index < -0.39 is 18.1 Å². The fraction of sp³-hybridized carbons (Fsp3) is 0.286. The third kappa shape index (κ3) is 3.13. The molecule has 1 aromatic rings. The Bertz CT molecular complexity index is 328. The van der Waals surface area contributed by atoms with Gasteiger partial charge >= 0.3 is 6.36 Å². The van der Waals surface area contributed by atoms with E-state index in [4.69, 9.17) is 0 Å². The Labute approximate surface area is 85.0 Å². The number of pyridine rings is 1. The van der Waals surface area contributed by atoms with Gasteiger partial charge in [0.2, 0.25) is 5.95 Å². The predicted molar refractivity (Wildman–Crippen MR) is 43.5 cm³/mol. The zero-order valence-electron chi connectivity index (χ0n) is 6.61. The van der Waals surface area contributed by atoms with Gasteiger partial charge in [-0.2, -0.15) is 4.39 Å². The van der Waals surface area contributed by atoms with Gasteiger partial charge in [0.05, 0.1) is 6.20 Å². The van der Waals surface area contributed by atoms with Gasteiger partial charge in [0, 0.05) is 10.9 Å². The molecular formula is C7H4BrF4NO. The molecule has 0 aliphatic heterocycles. The minimum Gasteiger partial charge on any atom is -0.404 e. The molecule has 0 amide bonds. The summed E-state index contributed by atoms with van der Waals surface area (Å²) in [6.45, 7) is 0. The monoisotopic (exact) mass is 273 g/mol. The van der Waals surface area contributed by atoms with Crippen molar-refractivity contribution in [3.05, 3.63) is 23.8 Å². The molecule has 2 nitrogen and oxygen atoms in total. The fourth-order valence-corrected chi connectivity index (χ4v) is 1.15. The SMILES string of the molecule is Fc1ncc(OC(F)(F)F)cc1CBr. The zero-order valence-corrected chi connectivity index (χ0v) is 8.19. The van der Waals surface area contributed by atoms with Crippen LogP contribution in [0.3, 0.4) is 0 Å². The van der Waals surface area contributed by atoms with E-state index in [9.17, 15) is 17.6 Å². The van der Waals surface area contributed by atoms with E-state index in [1.54, 1.807) is 0 Å². The smallest absolute Gasteiger partial charge is 0.404 e. The Kier molecular flexibility index (Phi) is 3.30. The summed E-state index contributed by atoms with van der Waals surface area (Å²) in [6, 6.07) is 0.935. The highest BCUT2D eigenvalue weighted by Crippen LogP contribution is 2.24. The second kappa shape index (κ2) is 4.12. The standard InChI is InChI=1S/C7H4BrF4NO/c8-2-4-1-5(3-13-6(4)9)14-7(10,11)12/h1,3H,2H2. The summed E-state index contributed by atoms with van der Waals surface area (Å²) in [5.74, 6) is -1.36. The number of ether oxygens (including phenoxy) is 1. The summed E-state index contributed by atoms with van der Waals surface area (Å²) in [6.07, 6.45) is -4.11. The van der Waals surface area contributed by atoms with Crippen molar-refractivity contribution in [3.63, 3.8) is 0 Å². The van der Waals surface area contributed by atoms with Crippen molar-refractivity contribution in [1.29, 1.82) is 0 Å². The lowest BCUT2D eigenvalue weighted by molar-refractivity contribution is -0.274. The molecule has 0 atom stereocenters. The number of hydrogen-bond acceptors (Lipinski definition) is 2. The van der Waals surface area contributed by atoms with Crippen molar-refractivity contribution in [3.8, 4) is 5.75 Å². The molecule has 78 valence electrons. The summed E-state index contributed by atoms with van der Waals surface area (Å²) in [4.78, 5) is 3.11. The van der Waals surface area contributed by atoms with Crippen LogP contribution in [0.1, 0.15) is 5.56 Å². The first-order chi connectivity index (χ1) is 6.42. The molecule has 0 aliphatic rings. The average molecular weight is 274 g/mol. The predicted octanol–water partition coefficient (Wildman–Crippen LogP) is 3.01. The van der Waals surface area contributed by atoms with Crippen molar-refractivity contribution < 1.29 is 22.3 Å². The molecule has 0 saturated heterocycles. The molecule has 0 aliphatic carbocycles. The highest BCUT2D eigenvalue weighted by molar-refractivity contribution is 9.08. The minimum atomic E-state index is -4.79. The van der Waals surface area contributed by atoms with Gasteiger partial charge in [0.1, 0.15) is 5.75 Å². The van der Waals surface area contributed by atoms with Crippen molar-refractivity contribution in [1.82, 2.24) is 4.98 Å². The van der Waals surface area contributed by atoms with Gasteiger partial charge in [-0.05, 0) is 6.07 Å². The van der Waals surface area contributed by atoms with E-state index >= 15 is 0 Å². The maximum absolute atomic E-state index is 12.7. The second-order valence-electron chi connectivity index (χ2n) is 2.30. The van der Waals surface area contributed by atoms with Crippen LogP contribution in [-0.2, 0) is 5.33 Å². The number of halogens is 5. The van der Waals surface area contributed by atoms with Crippen LogP contribution in [0.5, 0.6) is 5.75 Å². The molecule has 1 rings (SSSR count). The topological polar surface area (TPSA) is 22.1 Å². The zero-order chi connectivity index (χ0) is 10.8. The highest BCUT2D eigenvalue weighted by Gasteiger charge is 2.31. The molecule has 0 aromatic carbocycles. The summed E-state index contributed by atoms with van der Waals surface area (Å²) in [7, 11) is 0. The highest BCUT2D eigenvalue weighted by atomic mass is 79.9. The summed E-state index contributed by atoms with van der Waals surface area (Å²) in [5.41, 5.74) is 0.00625. The summed E-state index contributed by atoms with van der Waals surface area (Å²) >= 11 is 2.91. The van der Waals surface area contributed by atoms with Crippen LogP contribution in [0, 0.1) is 5.95 Å². The molecule has 0 saturated carbocycles. The molecule has 1 heterocycles. The maximum atomic E-state index is 12.7. The van der Waals surface area contributed by atoms with Crippen molar-refractivity contribution in [2.45, 2.75) is 11.7 Å². The lowest BCUT2D eigenvalue weighted by Gasteiger charge is -2.08. The minimum absolute atomic E-state index is 0.00625. The van der Waals surface area contributed by atoms with Gasteiger partial charge in [-0.25, -0.2) is 4.98 Å². The summed E-state index contributed by atoms with van der Waals surface area (Å²) in [5, 5.41) is 0.0703.